The highest BCUT2D eigenvalue weighted by Crippen LogP contribution is 2.25. The van der Waals surface area contributed by atoms with Crippen molar-refractivity contribution in [3.05, 3.63) is 84.2 Å². The van der Waals surface area contributed by atoms with Gasteiger partial charge in [-0.25, -0.2) is 10.4 Å². The van der Waals surface area contributed by atoms with Gasteiger partial charge in [0, 0.05) is 35.0 Å². The number of fused-ring (bicyclic) bond motifs is 1. The minimum atomic E-state index is -0.406. The molecule has 0 unspecified atom stereocenters. The fourth-order valence-corrected chi connectivity index (χ4v) is 3.11. The van der Waals surface area contributed by atoms with Crippen LogP contribution in [0.5, 0.6) is 11.5 Å². The maximum atomic E-state index is 13.0. The van der Waals surface area contributed by atoms with E-state index in [-0.39, 0.29) is 11.5 Å². The van der Waals surface area contributed by atoms with Gasteiger partial charge in [-0.15, -0.1) is 0 Å². The zero-order valence-corrected chi connectivity index (χ0v) is 16.1. The quantitative estimate of drug-likeness (QED) is 0.357. The standard InChI is InChI=1S/C23H18N4O3/c1-14(17-9-8-16(28)11-22(17)29)26-27-23(30)19-12-21(15-5-4-10-24-13-15)25-20-7-3-2-6-18(19)20/h2-13,28-29H,1H3,(H,27,30)/b26-14+. The molecule has 1 amide bonds. The van der Waals surface area contributed by atoms with E-state index in [4.69, 9.17) is 0 Å². The molecule has 0 atom stereocenters. The summed E-state index contributed by atoms with van der Waals surface area (Å²) in [5, 5.41) is 24.2. The second-order valence-corrected chi connectivity index (χ2v) is 6.65. The highest BCUT2D eigenvalue weighted by atomic mass is 16.3. The number of hydrazone groups is 1. The van der Waals surface area contributed by atoms with Crippen molar-refractivity contribution in [3.8, 4) is 22.8 Å². The number of carbonyl (C=O) groups excluding carboxylic acids is 1. The zero-order valence-electron chi connectivity index (χ0n) is 16.1. The van der Waals surface area contributed by atoms with E-state index in [1.807, 2.05) is 36.4 Å². The Morgan fingerprint density at radius 2 is 1.83 bits per heavy atom. The SMILES string of the molecule is C/C(=N\NC(=O)c1cc(-c2cccnc2)nc2ccccc12)c1ccc(O)cc1O. The van der Waals surface area contributed by atoms with E-state index in [0.29, 0.717) is 33.4 Å². The van der Waals surface area contributed by atoms with Gasteiger partial charge in [-0.3, -0.25) is 9.78 Å². The molecule has 2 aromatic heterocycles. The van der Waals surface area contributed by atoms with E-state index >= 15 is 0 Å². The van der Waals surface area contributed by atoms with Gasteiger partial charge in [0.2, 0.25) is 0 Å². The first-order valence-corrected chi connectivity index (χ1v) is 9.20. The van der Waals surface area contributed by atoms with Crippen molar-refractivity contribution in [2.45, 2.75) is 6.92 Å². The fraction of sp³-hybridized carbons (Fsp3) is 0.0435. The smallest absolute Gasteiger partial charge is 0.272 e. The number of nitrogens with zero attached hydrogens (tertiary/aromatic N) is 3. The van der Waals surface area contributed by atoms with Crippen LogP contribution < -0.4 is 5.43 Å². The number of aromatic nitrogens is 2. The molecule has 30 heavy (non-hydrogen) atoms. The first kappa shape index (κ1) is 19.1. The lowest BCUT2D eigenvalue weighted by atomic mass is 10.0. The predicted molar refractivity (Wildman–Crippen MR) is 114 cm³/mol. The van der Waals surface area contributed by atoms with Crippen molar-refractivity contribution in [3.63, 3.8) is 0 Å². The van der Waals surface area contributed by atoms with Crippen molar-refractivity contribution in [2.24, 2.45) is 5.10 Å². The molecule has 0 saturated carbocycles. The molecule has 4 rings (SSSR count). The van der Waals surface area contributed by atoms with E-state index in [2.05, 4.69) is 20.5 Å². The van der Waals surface area contributed by atoms with Crippen LogP contribution >= 0.6 is 0 Å². The van der Waals surface area contributed by atoms with Crippen LogP contribution in [0.25, 0.3) is 22.2 Å². The summed E-state index contributed by atoms with van der Waals surface area (Å²) in [7, 11) is 0. The molecule has 0 bridgehead atoms. The van der Waals surface area contributed by atoms with Gasteiger partial charge in [0.15, 0.2) is 0 Å². The molecule has 148 valence electrons. The number of rotatable bonds is 4. The topological polar surface area (TPSA) is 108 Å². The van der Waals surface area contributed by atoms with Crippen LogP contribution in [-0.4, -0.2) is 31.8 Å². The lowest BCUT2D eigenvalue weighted by molar-refractivity contribution is 0.0956. The summed E-state index contributed by atoms with van der Waals surface area (Å²) >= 11 is 0. The molecule has 0 aliphatic carbocycles. The lowest BCUT2D eigenvalue weighted by Gasteiger charge is -2.09. The third-order valence-corrected chi connectivity index (χ3v) is 4.61. The van der Waals surface area contributed by atoms with E-state index in [1.54, 1.807) is 25.4 Å². The van der Waals surface area contributed by atoms with Crippen LogP contribution in [0.3, 0.4) is 0 Å². The largest absolute Gasteiger partial charge is 0.508 e. The van der Waals surface area contributed by atoms with E-state index in [9.17, 15) is 15.0 Å². The number of para-hydroxylation sites is 1. The van der Waals surface area contributed by atoms with E-state index in [1.165, 1.54) is 18.2 Å². The van der Waals surface area contributed by atoms with Gasteiger partial charge < -0.3 is 10.2 Å². The molecule has 7 heteroatoms. The molecular weight excluding hydrogens is 380 g/mol. The summed E-state index contributed by atoms with van der Waals surface area (Å²) in [6, 6.07) is 16.9. The van der Waals surface area contributed by atoms with E-state index < -0.39 is 5.91 Å². The van der Waals surface area contributed by atoms with Gasteiger partial charge in [-0.2, -0.15) is 5.10 Å². The summed E-state index contributed by atoms with van der Waals surface area (Å²) in [5.41, 5.74) is 5.87. The first-order chi connectivity index (χ1) is 14.5. The van der Waals surface area contributed by atoms with Crippen LogP contribution in [0, 0.1) is 0 Å². The van der Waals surface area contributed by atoms with Crippen molar-refractivity contribution < 1.29 is 15.0 Å². The monoisotopic (exact) mass is 398 g/mol. The first-order valence-electron chi connectivity index (χ1n) is 9.20. The maximum Gasteiger partial charge on any atom is 0.272 e. The van der Waals surface area contributed by atoms with Gasteiger partial charge in [0.1, 0.15) is 11.5 Å². The van der Waals surface area contributed by atoms with Gasteiger partial charge in [0.25, 0.3) is 5.91 Å². The third-order valence-electron chi connectivity index (χ3n) is 4.61. The number of phenolic OH excluding ortho intramolecular Hbond substituents is 2. The summed E-state index contributed by atoms with van der Waals surface area (Å²) < 4.78 is 0. The molecule has 0 spiro atoms. The average Bonchev–Trinajstić information content (AvgIpc) is 2.77. The zero-order chi connectivity index (χ0) is 21.1. The molecule has 0 fully saturated rings. The van der Waals surface area contributed by atoms with Crippen LogP contribution in [-0.2, 0) is 0 Å². The number of phenols is 2. The molecule has 2 heterocycles. The van der Waals surface area contributed by atoms with Crippen LogP contribution in [0.1, 0.15) is 22.8 Å². The normalized spacial score (nSPS) is 11.4. The maximum absolute atomic E-state index is 13.0. The molecule has 0 saturated heterocycles. The summed E-state index contributed by atoms with van der Waals surface area (Å²) in [5.74, 6) is -0.589. The predicted octanol–water partition coefficient (Wildman–Crippen LogP) is 3.86. The third kappa shape index (κ3) is 3.81. The van der Waals surface area contributed by atoms with Gasteiger partial charge >= 0.3 is 0 Å². The van der Waals surface area contributed by atoms with Crippen LogP contribution in [0.15, 0.2) is 78.2 Å². The Morgan fingerprint density at radius 3 is 2.60 bits per heavy atom. The Hall–Kier alpha value is -4.26. The molecule has 2 aromatic carbocycles. The van der Waals surface area contributed by atoms with Crippen molar-refractivity contribution >= 4 is 22.5 Å². The average molecular weight is 398 g/mol. The highest BCUT2D eigenvalue weighted by molar-refractivity contribution is 6.08. The number of amides is 1. The van der Waals surface area contributed by atoms with Crippen molar-refractivity contribution in [1.29, 1.82) is 0 Å². The van der Waals surface area contributed by atoms with Gasteiger partial charge in [0.05, 0.1) is 22.5 Å². The van der Waals surface area contributed by atoms with Crippen molar-refractivity contribution in [2.75, 3.05) is 0 Å². The Morgan fingerprint density at radius 1 is 1.00 bits per heavy atom. The molecule has 7 nitrogen and oxygen atoms in total. The Balaban J connectivity index is 1.70. The Kier molecular flexibility index (Phi) is 5.09. The molecular formula is C23H18N4O3. The molecule has 0 radical (unpaired) electrons. The minimum absolute atomic E-state index is 0.0562. The summed E-state index contributed by atoms with van der Waals surface area (Å²) in [4.78, 5) is 21.7. The van der Waals surface area contributed by atoms with Crippen LogP contribution in [0.2, 0.25) is 0 Å². The number of benzene rings is 2. The summed E-state index contributed by atoms with van der Waals surface area (Å²) in [6.45, 7) is 1.65. The lowest BCUT2D eigenvalue weighted by Crippen LogP contribution is -2.20. The fourth-order valence-electron chi connectivity index (χ4n) is 3.11. The second-order valence-electron chi connectivity index (χ2n) is 6.65. The van der Waals surface area contributed by atoms with Crippen LogP contribution in [0.4, 0.5) is 0 Å². The Bertz CT molecular complexity index is 1270. The molecule has 0 aliphatic heterocycles. The number of aromatic hydroxyl groups is 2. The number of nitrogens with one attached hydrogen (secondary N) is 1. The number of pyridine rings is 2. The second kappa shape index (κ2) is 8.00. The molecule has 0 aliphatic rings. The Labute approximate surface area is 172 Å². The highest BCUT2D eigenvalue weighted by Gasteiger charge is 2.14. The number of carbonyl (C=O) groups is 1. The molecule has 4 aromatic rings. The van der Waals surface area contributed by atoms with Crippen molar-refractivity contribution in [1.82, 2.24) is 15.4 Å². The van der Waals surface area contributed by atoms with E-state index in [0.717, 1.165) is 5.56 Å². The molecule has 3 N–H and O–H groups in total. The minimum Gasteiger partial charge on any atom is -0.508 e. The number of hydrogen-bond donors (Lipinski definition) is 3. The number of hydrogen-bond acceptors (Lipinski definition) is 6. The van der Waals surface area contributed by atoms with Gasteiger partial charge in [-0.1, -0.05) is 18.2 Å². The summed E-state index contributed by atoms with van der Waals surface area (Å²) in [6.07, 6.45) is 3.36. The van der Waals surface area contributed by atoms with Gasteiger partial charge in [-0.05, 0) is 43.3 Å².